The lowest BCUT2D eigenvalue weighted by atomic mass is 10.0. The summed E-state index contributed by atoms with van der Waals surface area (Å²) in [5.41, 5.74) is 5.72. The fourth-order valence-corrected chi connectivity index (χ4v) is 3.88. The molecule has 0 spiro atoms. The molecule has 0 atom stereocenters. The average molecular weight is 490 g/mol. The predicted molar refractivity (Wildman–Crippen MR) is 132 cm³/mol. The molecule has 0 amide bonds. The third-order valence-corrected chi connectivity index (χ3v) is 5.72. The van der Waals surface area contributed by atoms with E-state index in [1.807, 2.05) is 6.92 Å². The highest BCUT2D eigenvalue weighted by Gasteiger charge is 2.23. The van der Waals surface area contributed by atoms with Crippen molar-refractivity contribution in [2.75, 3.05) is 12.3 Å². The van der Waals surface area contributed by atoms with E-state index in [-0.39, 0.29) is 17.9 Å². The second-order valence-electron chi connectivity index (χ2n) is 8.14. The molecule has 0 aliphatic heterocycles. The third-order valence-electron chi connectivity index (χ3n) is 5.72. The lowest BCUT2D eigenvalue weighted by molar-refractivity contribution is 0.0476. The number of anilines is 1. The molecular weight excluding hydrogens is 467 g/mol. The van der Waals surface area contributed by atoms with Crippen LogP contribution in [-0.4, -0.2) is 32.5 Å². The zero-order chi connectivity index (χ0) is 26.0. The zero-order valence-electron chi connectivity index (χ0n) is 19.7. The topological polar surface area (TPSA) is 126 Å². The summed E-state index contributed by atoms with van der Waals surface area (Å²) in [5.74, 6) is -2.32. The fraction of sp³-hybridized carbons (Fsp3) is 0.192. The number of nitrogens with zero attached hydrogens (tertiary/aromatic N) is 3. The maximum Gasteiger partial charge on any atom is 0.339 e. The smallest absolute Gasteiger partial charge is 0.339 e. The minimum absolute atomic E-state index is 0.143. The van der Waals surface area contributed by atoms with Crippen LogP contribution in [0.3, 0.4) is 0 Å². The maximum atomic E-state index is 13.4. The Balaban J connectivity index is 1.67. The summed E-state index contributed by atoms with van der Waals surface area (Å²) in [4.78, 5) is 55.4. The van der Waals surface area contributed by atoms with Crippen LogP contribution in [0.4, 0.5) is 10.2 Å². The highest BCUT2D eigenvalue weighted by molar-refractivity contribution is 6.06. The van der Waals surface area contributed by atoms with Crippen molar-refractivity contribution in [3.8, 4) is 11.3 Å². The molecule has 184 valence electrons. The largest absolute Gasteiger partial charge is 0.454 e. The van der Waals surface area contributed by atoms with Gasteiger partial charge in [0.2, 0.25) is 5.78 Å². The summed E-state index contributed by atoms with van der Waals surface area (Å²) < 4.78 is 20.6. The Morgan fingerprint density at radius 1 is 1.08 bits per heavy atom. The quantitative estimate of drug-likeness (QED) is 0.312. The number of fused-ring (bicyclic) bond motifs is 1. The standard InChI is InChI=1S/C26H23FN4O5/c1-3-12-31-23(28)22(24(33)30(2)26(31)35)21(32)14-36-25(34)18-13-20(15-8-10-16(27)11-9-15)29-19-7-5-4-6-17(18)19/h4-11,13H,3,12,14,28H2,1-2H3. The number of nitrogens with two attached hydrogens (primary N) is 1. The molecule has 0 saturated heterocycles. The maximum absolute atomic E-state index is 13.4. The minimum Gasteiger partial charge on any atom is -0.454 e. The van der Waals surface area contributed by atoms with Gasteiger partial charge < -0.3 is 10.5 Å². The van der Waals surface area contributed by atoms with Crippen LogP contribution >= 0.6 is 0 Å². The molecule has 2 heterocycles. The van der Waals surface area contributed by atoms with E-state index >= 15 is 0 Å². The molecule has 2 aromatic heterocycles. The van der Waals surface area contributed by atoms with Crippen LogP contribution in [-0.2, 0) is 18.3 Å². The van der Waals surface area contributed by atoms with Gasteiger partial charge in [-0.05, 0) is 42.8 Å². The van der Waals surface area contributed by atoms with Gasteiger partial charge in [-0.25, -0.2) is 19.0 Å². The molecule has 0 radical (unpaired) electrons. The monoisotopic (exact) mass is 490 g/mol. The van der Waals surface area contributed by atoms with Crippen molar-refractivity contribution >= 4 is 28.5 Å². The molecule has 9 nitrogen and oxygen atoms in total. The number of esters is 1. The lowest BCUT2D eigenvalue weighted by Gasteiger charge is -2.14. The highest BCUT2D eigenvalue weighted by Crippen LogP contribution is 2.25. The van der Waals surface area contributed by atoms with Crippen LogP contribution in [0, 0.1) is 5.82 Å². The van der Waals surface area contributed by atoms with Gasteiger partial charge in [0.05, 0.1) is 16.8 Å². The van der Waals surface area contributed by atoms with Crippen molar-refractivity contribution in [1.29, 1.82) is 0 Å². The van der Waals surface area contributed by atoms with Crippen molar-refractivity contribution in [2.45, 2.75) is 19.9 Å². The van der Waals surface area contributed by atoms with Crippen molar-refractivity contribution in [2.24, 2.45) is 7.05 Å². The summed E-state index contributed by atoms with van der Waals surface area (Å²) in [6.07, 6.45) is 0.552. The number of Topliss-reactive ketones (excluding diaryl/α,β-unsaturated/α-hetero) is 1. The van der Waals surface area contributed by atoms with Gasteiger partial charge in [-0.2, -0.15) is 0 Å². The van der Waals surface area contributed by atoms with Gasteiger partial charge in [0.1, 0.15) is 17.2 Å². The Labute approximate surface area is 204 Å². The zero-order valence-corrected chi connectivity index (χ0v) is 19.7. The second-order valence-corrected chi connectivity index (χ2v) is 8.14. The highest BCUT2D eigenvalue weighted by atomic mass is 19.1. The van der Waals surface area contributed by atoms with Crippen LogP contribution in [0.15, 0.2) is 64.2 Å². The molecule has 0 fully saturated rings. The number of hydrogen-bond acceptors (Lipinski definition) is 7. The number of hydrogen-bond donors (Lipinski definition) is 1. The predicted octanol–water partition coefficient (Wildman–Crippen LogP) is 2.93. The van der Waals surface area contributed by atoms with Gasteiger partial charge in [0, 0.05) is 24.5 Å². The van der Waals surface area contributed by atoms with E-state index in [1.165, 1.54) is 37.4 Å². The molecular formula is C26H23FN4O5. The number of halogens is 1. The van der Waals surface area contributed by atoms with E-state index in [1.54, 1.807) is 24.3 Å². The lowest BCUT2D eigenvalue weighted by Crippen LogP contribution is -2.43. The first kappa shape index (κ1) is 24.5. The number of pyridine rings is 1. The first-order valence-corrected chi connectivity index (χ1v) is 11.2. The van der Waals surface area contributed by atoms with Crippen molar-refractivity contribution in [3.05, 3.63) is 92.4 Å². The first-order valence-electron chi connectivity index (χ1n) is 11.2. The Morgan fingerprint density at radius 3 is 2.47 bits per heavy atom. The number of rotatable bonds is 7. The molecule has 10 heteroatoms. The Bertz CT molecular complexity index is 1610. The van der Waals surface area contributed by atoms with Crippen LogP contribution in [0.2, 0.25) is 0 Å². The van der Waals surface area contributed by atoms with Crippen LogP contribution in [0.25, 0.3) is 22.2 Å². The average Bonchev–Trinajstić information content (AvgIpc) is 2.88. The number of aromatic nitrogens is 3. The number of ketones is 1. The molecule has 4 aromatic rings. The number of ether oxygens (including phenoxy) is 1. The van der Waals surface area contributed by atoms with Gasteiger partial charge in [0.15, 0.2) is 6.61 Å². The van der Waals surface area contributed by atoms with E-state index in [2.05, 4.69) is 4.98 Å². The summed E-state index contributed by atoms with van der Waals surface area (Å²) in [5, 5.41) is 0.493. The Hall–Kier alpha value is -4.60. The number of carbonyl (C=O) groups is 2. The van der Waals surface area contributed by atoms with Gasteiger partial charge in [-0.1, -0.05) is 25.1 Å². The molecule has 0 unspecified atom stereocenters. The van der Waals surface area contributed by atoms with Gasteiger partial charge in [-0.15, -0.1) is 0 Å². The van der Waals surface area contributed by atoms with E-state index in [9.17, 15) is 23.6 Å². The summed E-state index contributed by atoms with van der Waals surface area (Å²) in [6.45, 7) is 1.28. The van der Waals surface area contributed by atoms with E-state index in [0.29, 0.717) is 28.6 Å². The fourth-order valence-electron chi connectivity index (χ4n) is 3.88. The number of benzene rings is 2. The molecule has 2 aromatic carbocycles. The SMILES string of the molecule is CCCn1c(N)c(C(=O)COC(=O)c2cc(-c3ccc(F)cc3)nc3ccccc23)c(=O)n(C)c1=O. The summed E-state index contributed by atoms with van der Waals surface area (Å²) >= 11 is 0. The normalized spacial score (nSPS) is 11.0. The van der Waals surface area contributed by atoms with Crippen LogP contribution in [0.1, 0.15) is 34.1 Å². The molecule has 2 N–H and O–H groups in total. The summed E-state index contributed by atoms with van der Waals surface area (Å²) in [7, 11) is 1.25. The van der Waals surface area contributed by atoms with Gasteiger partial charge >= 0.3 is 11.7 Å². The van der Waals surface area contributed by atoms with Gasteiger partial charge in [0.25, 0.3) is 5.56 Å². The molecule has 0 bridgehead atoms. The van der Waals surface area contributed by atoms with E-state index in [0.717, 1.165) is 9.13 Å². The molecule has 0 aliphatic rings. The van der Waals surface area contributed by atoms with Gasteiger partial charge in [-0.3, -0.25) is 18.7 Å². The minimum atomic E-state index is -0.862. The van der Waals surface area contributed by atoms with Crippen molar-refractivity contribution < 1.29 is 18.7 Å². The molecule has 4 rings (SSSR count). The van der Waals surface area contributed by atoms with Crippen molar-refractivity contribution in [1.82, 2.24) is 14.1 Å². The van der Waals surface area contributed by atoms with E-state index in [4.69, 9.17) is 10.5 Å². The second kappa shape index (κ2) is 9.95. The molecule has 0 saturated carbocycles. The van der Waals surface area contributed by atoms with Crippen molar-refractivity contribution in [3.63, 3.8) is 0 Å². The Morgan fingerprint density at radius 2 is 1.78 bits per heavy atom. The molecule has 0 aliphatic carbocycles. The number of carbonyl (C=O) groups excluding carboxylic acids is 2. The number of para-hydroxylation sites is 1. The molecule has 36 heavy (non-hydrogen) atoms. The first-order chi connectivity index (χ1) is 17.2. The van der Waals surface area contributed by atoms with Crippen LogP contribution < -0.4 is 17.0 Å². The van der Waals surface area contributed by atoms with Crippen LogP contribution in [0.5, 0.6) is 0 Å². The van der Waals surface area contributed by atoms with E-state index < -0.39 is 41.0 Å². The third kappa shape index (κ3) is 4.52. The number of nitrogen functional groups attached to an aromatic ring is 1. The summed E-state index contributed by atoms with van der Waals surface area (Å²) in [6, 6.07) is 14.0. The Kier molecular flexibility index (Phi) is 6.77.